The van der Waals surface area contributed by atoms with Crippen LogP contribution >= 0.6 is 0 Å². The molecule has 2 N–H and O–H groups in total. The smallest absolute Gasteiger partial charge is 0.154 e. The second-order valence-electron chi connectivity index (χ2n) is 5.99. The Hall–Kier alpha value is -1.72. The van der Waals surface area contributed by atoms with E-state index in [0.29, 0.717) is 0 Å². The van der Waals surface area contributed by atoms with Gasteiger partial charge in [-0.1, -0.05) is 27.7 Å². The summed E-state index contributed by atoms with van der Waals surface area (Å²) in [7, 11) is 0. The van der Waals surface area contributed by atoms with Crippen LogP contribution in [0.3, 0.4) is 0 Å². The SMILES string of the molecule is CC(C)(CCC(C)(C)c1nnn[nH]1)c1ccn[nH]1. The first kappa shape index (κ1) is 12.7. The van der Waals surface area contributed by atoms with Gasteiger partial charge in [-0.3, -0.25) is 5.10 Å². The molecular weight excluding hydrogens is 228 g/mol. The van der Waals surface area contributed by atoms with Crippen LogP contribution in [0, 0.1) is 0 Å². The molecule has 0 bridgehead atoms. The molecule has 0 saturated carbocycles. The molecule has 98 valence electrons. The van der Waals surface area contributed by atoms with Gasteiger partial charge in [-0.25, -0.2) is 5.10 Å². The third-order valence-corrected chi connectivity index (χ3v) is 3.59. The highest BCUT2D eigenvalue weighted by Crippen LogP contribution is 2.33. The van der Waals surface area contributed by atoms with Crippen molar-refractivity contribution in [2.45, 2.75) is 51.4 Å². The van der Waals surface area contributed by atoms with E-state index in [0.717, 1.165) is 24.4 Å². The molecule has 2 heterocycles. The molecule has 6 nitrogen and oxygen atoms in total. The maximum atomic E-state index is 4.02. The van der Waals surface area contributed by atoms with Crippen molar-refractivity contribution in [2.24, 2.45) is 0 Å². The molecule has 2 aromatic rings. The molecule has 0 radical (unpaired) electrons. The van der Waals surface area contributed by atoms with Crippen molar-refractivity contribution < 1.29 is 0 Å². The van der Waals surface area contributed by atoms with Crippen LogP contribution in [0.25, 0.3) is 0 Å². The van der Waals surface area contributed by atoms with E-state index >= 15 is 0 Å². The molecule has 0 spiro atoms. The Bertz CT molecular complexity index is 422. The first-order chi connectivity index (χ1) is 8.42. The average molecular weight is 248 g/mol. The van der Waals surface area contributed by atoms with E-state index in [9.17, 15) is 0 Å². The molecule has 0 aliphatic heterocycles. The van der Waals surface area contributed by atoms with Crippen LogP contribution in [-0.2, 0) is 10.8 Å². The maximum absolute atomic E-state index is 4.02. The fraction of sp³-hybridized carbons (Fsp3) is 0.667. The van der Waals surface area contributed by atoms with Gasteiger partial charge >= 0.3 is 0 Å². The summed E-state index contributed by atoms with van der Waals surface area (Å²) in [6, 6.07) is 2.03. The number of nitrogens with zero attached hydrogens (tertiary/aromatic N) is 4. The lowest BCUT2D eigenvalue weighted by atomic mass is 9.77. The lowest BCUT2D eigenvalue weighted by Gasteiger charge is -2.28. The molecule has 0 saturated heterocycles. The Morgan fingerprint density at radius 2 is 1.78 bits per heavy atom. The Labute approximate surface area is 107 Å². The molecule has 2 rings (SSSR count). The number of nitrogens with one attached hydrogen (secondary N) is 2. The fourth-order valence-corrected chi connectivity index (χ4v) is 1.96. The summed E-state index contributed by atoms with van der Waals surface area (Å²) in [5.74, 6) is 0.836. The van der Waals surface area contributed by atoms with Crippen molar-refractivity contribution in [3.8, 4) is 0 Å². The first-order valence-corrected chi connectivity index (χ1v) is 6.16. The van der Waals surface area contributed by atoms with Gasteiger partial charge in [0.2, 0.25) is 0 Å². The molecule has 6 heteroatoms. The topological polar surface area (TPSA) is 83.1 Å². The van der Waals surface area contributed by atoms with Crippen LogP contribution in [0.15, 0.2) is 12.3 Å². The minimum absolute atomic E-state index is 0.0548. The van der Waals surface area contributed by atoms with E-state index < -0.39 is 0 Å². The van der Waals surface area contributed by atoms with Gasteiger partial charge in [-0.2, -0.15) is 5.10 Å². The van der Waals surface area contributed by atoms with E-state index in [-0.39, 0.29) is 10.8 Å². The number of rotatable bonds is 5. The van der Waals surface area contributed by atoms with E-state index in [1.165, 1.54) is 0 Å². The third kappa shape index (κ3) is 2.57. The number of hydrogen-bond acceptors (Lipinski definition) is 4. The van der Waals surface area contributed by atoms with E-state index in [1.54, 1.807) is 6.20 Å². The summed E-state index contributed by atoms with van der Waals surface area (Å²) in [6.07, 6.45) is 3.82. The number of H-pyrrole nitrogens is 2. The van der Waals surface area contributed by atoms with Gasteiger partial charge in [-0.05, 0) is 29.3 Å². The largest absolute Gasteiger partial charge is 0.282 e. The lowest BCUT2D eigenvalue weighted by molar-refractivity contribution is 0.357. The Morgan fingerprint density at radius 3 is 2.33 bits per heavy atom. The van der Waals surface area contributed by atoms with Crippen LogP contribution in [0.4, 0.5) is 0 Å². The summed E-state index contributed by atoms with van der Waals surface area (Å²) in [4.78, 5) is 0. The number of tetrazole rings is 1. The van der Waals surface area contributed by atoms with Gasteiger partial charge in [0, 0.05) is 22.7 Å². The van der Waals surface area contributed by atoms with E-state index in [2.05, 4.69) is 58.5 Å². The number of aromatic amines is 2. The first-order valence-electron chi connectivity index (χ1n) is 6.16. The van der Waals surface area contributed by atoms with Crippen LogP contribution in [0.1, 0.15) is 52.1 Å². The van der Waals surface area contributed by atoms with Gasteiger partial charge in [0.1, 0.15) is 0 Å². The zero-order valence-corrected chi connectivity index (χ0v) is 11.4. The van der Waals surface area contributed by atoms with Gasteiger partial charge in [0.15, 0.2) is 5.82 Å². The second kappa shape index (κ2) is 4.51. The highest BCUT2D eigenvalue weighted by atomic mass is 15.5. The fourth-order valence-electron chi connectivity index (χ4n) is 1.96. The summed E-state index contributed by atoms with van der Waals surface area (Å²) < 4.78 is 0. The van der Waals surface area contributed by atoms with Crippen LogP contribution < -0.4 is 0 Å². The van der Waals surface area contributed by atoms with Gasteiger partial charge < -0.3 is 0 Å². The maximum Gasteiger partial charge on any atom is 0.154 e. The Morgan fingerprint density at radius 1 is 1.06 bits per heavy atom. The molecule has 0 amide bonds. The van der Waals surface area contributed by atoms with Crippen molar-refractivity contribution in [1.82, 2.24) is 30.8 Å². The standard InChI is InChI=1S/C12H20N6/c1-11(2,9-5-8-13-14-9)6-7-12(3,4)10-15-17-18-16-10/h5,8H,6-7H2,1-4H3,(H,13,14)(H,15,16,17,18). The molecule has 0 aromatic carbocycles. The molecule has 18 heavy (non-hydrogen) atoms. The van der Waals surface area contributed by atoms with Crippen molar-refractivity contribution in [3.05, 3.63) is 23.8 Å². The molecule has 0 aliphatic carbocycles. The minimum atomic E-state index is -0.0548. The second-order valence-corrected chi connectivity index (χ2v) is 5.99. The predicted octanol–water partition coefficient (Wildman–Crippen LogP) is 1.96. The zero-order valence-electron chi connectivity index (χ0n) is 11.4. The normalized spacial score (nSPS) is 12.9. The summed E-state index contributed by atoms with van der Waals surface area (Å²) in [5, 5.41) is 21.2. The summed E-state index contributed by atoms with van der Waals surface area (Å²) in [6.45, 7) is 8.74. The number of hydrogen-bond donors (Lipinski definition) is 2. The van der Waals surface area contributed by atoms with Gasteiger partial charge in [0.05, 0.1) is 0 Å². The van der Waals surface area contributed by atoms with Crippen molar-refractivity contribution in [1.29, 1.82) is 0 Å². The van der Waals surface area contributed by atoms with Crippen LogP contribution in [0.2, 0.25) is 0 Å². The van der Waals surface area contributed by atoms with E-state index in [4.69, 9.17) is 0 Å². The van der Waals surface area contributed by atoms with Gasteiger partial charge in [-0.15, -0.1) is 5.10 Å². The van der Waals surface area contributed by atoms with Crippen molar-refractivity contribution in [3.63, 3.8) is 0 Å². The molecular formula is C12H20N6. The lowest BCUT2D eigenvalue weighted by Crippen LogP contribution is -2.25. The van der Waals surface area contributed by atoms with Crippen LogP contribution in [0.5, 0.6) is 0 Å². The predicted molar refractivity (Wildman–Crippen MR) is 68.1 cm³/mol. The average Bonchev–Trinajstić information content (AvgIpc) is 2.99. The minimum Gasteiger partial charge on any atom is -0.282 e. The highest BCUT2D eigenvalue weighted by Gasteiger charge is 2.30. The summed E-state index contributed by atoms with van der Waals surface area (Å²) in [5.41, 5.74) is 1.18. The Balaban J connectivity index is 2.03. The molecule has 2 aromatic heterocycles. The van der Waals surface area contributed by atoms with Crippen molar-refractivity contribution in [2.75, 3.05) is 0 Å². The molecule has 0 aliphatic rings. The van der Waals surface area contributed by atoms with Crippen molar-refractivity contribution >= 4 is 0 Å². The van der Waals surface area contributed by atoms with E-state index in [1.807, 2.05) is 6.07 Å². The highest BCUT2D eigenvalue weighted by molar-refractivity contribution is 5.12. The summed E-state index contributed by atoms with van der Waals surface area (Å²) >= 11 is 0. The molecule has 0 atom stereocenters. The molecule has 0 fully saturated rings. The van der Waals surface area contributed by atoms with Crippen LogP contribution in [-0.4, -0.2) is 30.8 Å². The zero-order chi connectivity index (χ0) is 13.2. The molecule has 0 unspecified atom stereocenters. The monoisotopic (exact) mass is 248 g/mol. The van der Waals surface area contributed by atoms with Gasteiger partial charge in [0.25, 0.3) is 0 Å². The Kier molecular flexibility index (Phi) is 3.19. The number of aromatic nitrogens is 6. The quantitative estimate of drug-likeness (QED) is 0.847. The third-order valence-electron chi connectivity index (χ3n) is 3.59.